The molecule has 0 radical (unpaired) electrons. The highest BCUT2D eigenvalue weighted by Crippen LogP contribution is 2.13. The third-order valence-electron chi connectivity index (χ3n) is 3.89. The van der Waals surface area contributed by atoms with Crippen LogP contribution in [0.15, 0.2) is 34.9 Å². The van der Waals surface area contributed by atoms with Crippen molar-refractivity contribution in [3.05, 3.63) is 47.6 Å². The van der Waals surface area contributed by atoms with Crippen LogP contribution in [0.25, 0.3) is 0 Å². The van der Waals surface area contributed by atoms with Gasteiger partial charge in [0.15, 0.2) is 5.82 Å². The number of hydrogen-bond donors (Lipinski definition) is 1. The smallest absolute Gasteiger partial charge is 0.240 e. The lowest BCUT2D eigenvalue weighted by atomic mass is 10.0. The molecule has 2 aromatic rings. The van der Waals surface area contributed by atoms with E-state index in [9.17, 15) is 4.79 Å². The van der Waals surface area contributed by atoms with Crippen molar-refractivity contribution in [1.29, 1.82) is 0 Å². The van der Waals surface area contributed by atoms with Gasteiger partial charge in [0.2, 0.25) is 11.8 Å². The Balaban J connectivity index is 1.62. The normalized spacial score (nSPS) is 19.1. The van der Waals surface area contributed by atoms with Crippen LogP contribution >= 0.6 is 0 Å². The Kier molecular flexibility index (Phi) is 4.71. The highest BCUT2D eigenvalue weighted by Gasteiger charge is 2.26. The van der Waals surface area contributed by atoms with Crippen molar-refractivity contribution in [2.75, 3.05) is 13.1 Å². The number of aromatic nitrogens is 2. The Morgan fingerprint density at radius 1 is 1.35 bits per heavy atom. The average Bonchev–Trinajstić information content (AvgIpc) is 2.96. The number of carbonyl (C=O) groups excluding carboxylic acids is 1. The molecule has 0 saturated carbocycles. The molecular formula is C17H22N4O2. The molecule has 1 amide bonds. The number of carbonyl (C=O) groups is 1. The summed E-state index contributed by atoms with van der Waals surface area (Å²) in [5.74, 6) is 1.56. The van der Waals surface area contributed by atoms with E-state index >= 15 is 0 Å². The molecule has 3 rings (SSSR count). The Hall–Kier alpha value is -2.21. The summed E-state index contributed by atoms with van der Waals surface area (Å²) in [6.45, 7) is 5.71. The lowest BCUT2D eigenvalue weighted by Crippen LogP contribution is -2.54. The minimum absolute atomic E-state index is 0.0424. The van der Waals surface area contributed by atoms with Crippen molar-refractivity contribution in [1.82, 2.24) is 20.4 Å². The molecule has 0 bridgehead atoms. The maximum absolute atomic E-state index is 12.0. The van der Waals surface area contributed by atoms with Crippen LogP contribution in [0, 0.1) is 0 Å². The van der Waals surface area contributed by atoms with Crippen LogP contribution < -0.4 is 5.32 Å². The molecule has 2 heterocycles. The quantitative estimate of drug-likeness (QED) is 0.910. The fraction of sp³-hybridized carbons (Fsp3) is 0.471. The van der Waals surface area contributed by atoms with E-state index in [1.165, 1.54) is 5.56 Å². The highest BCUT2D eigenvalue weighted by molar-refractivity contribution is 5.79. The van der Waals surface area contributed by atoms with Crippen LogP contribution in [-0.4, -0.2) is 40.1 Å². The summed E-state index contributed by atoms with van der Waals surface area (Å²) in [6, 6.07) is 10.3. The highest BCUT2D eigenvalue weighted by atomic mass is 16.5. The maximum Gasteiger partial charge on any atom is 0.240 e. The van der Waals surface area contributed by atoms with Crippen molar-refractivity contribution in [2.45, 2.75) is 38.8 Å². The molecule has 1 fully saturated rings. The van der Waals surface area contributed by atoms with Gasteiger partial charge in [0, 0.05) is 18.5 Å². The van der Waals surface area contributed by atoms with Crippen molar-refractivity contribution in [3.8, 4) is 0 Å². The average molecular weight is 314 g/mol. The fourth-order valence-corrected chi connectivity index (χ4v) is 2.79. The molecule has 0 spiro atoms. The van der Waals surface area contributed by atoms with Crippen LogP contribution in [0.2, 0.25) is 0 Å². The van der Waals surface area contributed by atoms with Crippen LogP contribution in [0.4, 0.5) is 0 Å². The summed E-state index contributed by atoms with van der Waals surface area (Å²) in [5, 5.41) is 7.03. The largest absolute Gasteiger partial charge is 0.351 e. The van der Waals surface area contributed by atoms with E-state index in [4.69, 9.17) is 4.52 Å². The van der Waals surface area contributed by atoms with Crippen LogP contribution in [0.3, 0.4) is 0 Å². The molecule has 1 aromatic carbocycles. The molecule has 1 N–H and O–H groups in total. The second kappa shape index (κ2) is 6.91. The van der Waals surface area contributed by atoms with Gasteiger partial charge in [-0.3, -0.25) is 9.69 Å². The van der Waals surface area contributed by atoms with Gasteiger partial charge in [-0.1, -0.05) is 49.3 Å². The summed E-state index contributed by atoms with van der Waals surface area (Å²) < 4.78 is 5.28. The molecule has 6 heteroatoms. The number of hydrogen-bond acceptors (Lipinski definition) is 5. The van der Waals surface area contributed by atoms with E-state index in [1.54, 1.807) is 0 Å². The number of amides is 1. The van der Waals surface area contributed by atoms with E-state index in [0.29, 0.717) is 24.8 Å². The molecule has 1 aliphatic rings. The molecule has 122 valence electrons. The minimum atomic E-state index is 0.0424. The maximum atomic E-state index is 12.0. The Morgan fingerprint density at radius 2 is 2.13 bits per heavy atom. The first-order valence-corrected chi connectivity index (χ1v) is 7.98. The zero-order valence-electron chi connectivity index (χ0n) is 13.5. The van der Waals surface area contributed by atoms with Gasteiger partial charge in [-0.2, -0.15) is 4.98 Å². The molecule has 23 heavy (non-hydrogen) atoms. The summed E-state index contributed by atoms with van der Waals surface area (Å²) in [4.78, 5) is 18.4. The van der Waals surface area contributed by atoms with E-state index in [0.717, 1.165) is 13.0 Å². The number of nitrogens with zero attached hydrogens (tertiary/aromatic N) is 3. The summed E-state index contributed by atoms with van der Waals surface area (Å²) in [5.41, 5.74) is 1.22. The second-order valence-corrected chi connectivity index (χ2v) is 6.32. The first kappa shape index (κ1) is 15.7. The van der Waals surface area contributed by atoms with Crippen molar-refractivity contribution < 1.29 is 9.32 Å². The van der Waals surface area contributed by atoms with E-state index in [2.05, 4.69) is 32.5 Å². The number of piperazine rings is 1. The lowest BCUT2D eigenvalue weighted by Gasteiger charge is -2.32. The van der Waals surface area contributed by atoms with Crippen LogP contribution in [0.5, 0.6) is 0 Å². The number of nitrogens with one attached hydrogen (secondary N) is 1. The summed E-state index contributed by atoms with van der Waals surface area (Å²) >= 11 is 0. The molecule has 1 atom stereocenters. The molecule has 0 unspecified atom stereocenters. The molecule has 1 saturated heterocycles. The first-order chi connectivity index (χ1) is 11.1. The predicted octanol–water partition coefficient (Wildman–Crippen LogP) is 1.74. The third kappa shape index (κ3) is 4.16. The van der Waals surface area contributed by atoms with Gasteiger partial charge in [0.25, 0.3) is 0 Å². The minimum Gasteiger partial charge on any atom is -0.351 e. The van der Waals surface area contributed by atoms with Crippen molar-refractivity contribution in [2.24, 2.45) is 0 Å². The van der Waals surface area contributed by atoms with Gasteiger partial charge in [0.1, 0.15) is 0 Å². The molecule has 1 aliphatic heterocycles. The Morgan fingerprint density at radius 3 is 2.83 bits per heavy atom. The monoisotopic (exact) mass is 314 g/mol. The van der Waals surface area contributed by atoms with Crippen molar-refractivity contribution >= 4 is 5.91 Å². The van der Waals surface area contributed by atoms with Gasteiger partial charge in [0.05, 0.1) is 13.1 Å². The van der Waals surface area contributed by atoms with E-state index in [1.807, 2.05) is 32.0 Å². The van der Waals surface area contributed by atoms with E-state index in [-0.39, 0.29) is 17.9 Å². The standard InChI is InChI=1S/C17H22N4O2/c1-12(2)17-19-16(23-20-17)11-21-9-14(18-15(22)10-21)8-13-6-4-3-5-7-13/h3-7,12,14H,8-11H2,1-2H3,(H,18,22)/t14-/m0/s1. The van der Waals surface area contributed by atoms with Gasteiger partial charge in [-0.25, -0.2) is 0 Å². The zero-order valence-corrected chi connectivity index (χ0v) is 13.5. The summed E-state index contributed by atoms with van der Waals surface area (Å²) in [6.07, 6.45) is 0.824. The van der Waals surface area contributed by atoms with Gasteiger partial charge >= 0.3 is 0 Å². The SMILES string of the molecule is CC(C)c1noc(CN2CC(=O)N[C@@H](Cc3ccccc3)C2)n1. The molecular weight excluding hydrogens is 292 g/mol. The Bertz CT molecular complexity index is 654. The topological polar surface area (TPSA) is 71.3 Å². The van der Waals surface area contributed by atoms with Crippen LogP contribution in [-0.2, 0) is 17.8 Å². The molecule has 1 aromatic heterocycles. The molecule has 6 nitrogen and oxygen atoms in total. The Labute approximate surface area is 135 Å². The van der Waals surface area contributed by atoms with Gasteiger partial charge in [-0.15, -0.1) is 0 Å². The van der Waals surface area contributed by atoms with Crippen molar-refractivity contribution in [3.63, 3.8) is 0 Å². The van der Waals surface area contributed by atoms with Gasteiger partial charge in [-0.05, 0) is 12.0 Å². The number of benzene rings is 1. The second-order valence-electron chi connectivity index (χ2n) is 6.32. The number of rotatable bonds is 5. The summed E-state index contributed by atoms with van der Waals surface area (Å²) in [7, 11) is 0. The lowest BCUT2D eigenvalue weighted by molar-refractivity contribution is -0.125. The van der Waals surface area contributed by atoms with E-state index < -0.39 is 0 Å². The zero-order chi connectivity index (χ0) is 16.2. The predicted molar refractivity (Wildman–Crippen MR) is 85.7 cm³/mol. The van der Waals surface area contributed by atoms with Gasteiger partial charge < -0.3 is 9.84 Å². The fourth-order valence-electron chi connectivity index (χ4n) is 2.79. The first-order valence-electron chi connectivity index (χ1n) is 7.98. The molecule has 0 aliphatic carbocycles. The van der Waals surface area contributed by atoms with Crippen LogP contribution in [0.1, 0.15) is 37.0 Å². The third-order valence-corrected chi connectivity index (χ3v) is 3.89.